The number of hydrogen-bond donors (Lipinski definition) is 2. The van der Waals surface area contributed by atoms with Crippen LogP contribution in [0.5, 0.6) is 0 Å². The Hall–Kier alpha value is -2.52. The average Bonchev–Trinajstić information content (AvgIpc) is 3.22. The molecule has 0 aliphatic carbocycles. The number of ether oxygens (including phenoxy) is 1. The van der Waals surface area contributed by atoms with Gasteiger partial charge in [0.15, 0.2) is 0 Å². The molecule has 0 bridgehead atoms. The van der Waals surface area contributed by atoms with Crippen LogP contribution in [0.2, 0.25) is 0 Å². The normalized spacial score (nSPS) is 17.7. The number of fused-ring (bicyclic) bond motifs is 1. The number of sulfonamides is 1. The van der Waals surface area contributed by atoms with Crippen LogP contribution >= 0.6 is 0 Å². The standard InChI is InChI=1S/C17H15F2N3O3S/c18-10-3-6-16(12(19)8-10)26(23,24)22-11-4-5-13-14(9-11)21-17(20-13)15-2-1-7-25-15/h3-6,8-9,15,22H,1-2,7H2,(H,20,21). The minimum Gasteiger partial charge on any atom is -0.370 e. The van der Waals surface area contributed by atoms with E-state index >= 15 is 0 Å². The lowest BCUT2D eigenvalue weighted by atomic mass is 10.2. The van der Waals surface area contributed by atoms with E-state index in [-0.39, 0.29) is 11.8 Å². The summed E-state index contributed by atoms with van der Waals surface area (Å²) in [5.74, 6) is -1.30. The Labute approximate surface area is 148 Å². The van der Waals surface area contributed by atoms with Gasteiger partial charge in [0.05, 0.1) is 16.7 Å². The van der Waals surface area contributed by atoms with Crippen LogP contribution in [0.3, 0.4) is 0 Å². The fourth-order valence-electron chi connectivity index (χ4n) is 2.94. The number of nitrogens with zero attached hydrogens (tertiary/aromatic N) is 1. The number of aromatic amines is 1. The van der Waals surface area contributed by atoms with E-state index in [1.807, 2.05) is 0 Å². The summed E-state index contributed by atoms with van der Waals surface area (Å²) in [5, 5.41) is 0. The van der Waals surface area contributed by atoms with Crippen molar-refractivity contribution in [2.45, 2.75) is 23.8 Å². The van der Waals surface area contributed by atoms with Gasteiger partial charge in [-0.15, -0.1) is 0 Å². The second kappa shape index (κ2) is 6.33. The van der Waals surface area contributed by atoms with Gasteiger partial charge in [-0.2, -0.15) is 0 Å². The van der Waals surface area contributed by atoms with Gasteiger partial charge in [0, 0.05) is 12.7 Å². The summed E-state index contributed by atoms with van der Waals surface area (Å²) in [6, 6.07) is 7.06. The Morgan fingerprint density at radius 3 is 2.77 bits per heavy atom. The van der Waals surface area contributed by atoms with E-state index in [4.69, 9.17) is 4.74 Å². The van der Waals surface area contributed by atoms with E-state index in [0.29, 0.717) is 29.5 Å². The van der Waals surface area contributed by atoms with Crippen molar-refractivity contribution in [3.8, 4) is 0 Å². The van der Waals surface area contributed by atoms with Gasteiger partial charge in [0.25, 0.3) is 10.0 Å². The van der Waals surface area contributed by atoms with Crippen molar-refractivity contribution in [3.05, 3.63) is 53.9 Å². The molecule has 136 valence electrons. The maximum Gasteiger partial charge on any atom is 0.264 e. The van der Waals surface area contributed by atoms with Gasteiger partial charge in [-0.05, 0) is 43.2 Å². The number of nitrogens with one attached hydrogen (secondary N) is 2. The number of anilines is 1. The largest absolute Gasteiger partial charge is 0.370 e. The van der Waals surface area contributed by atoms with Crippen LogP contribution in [-0.4, -0.2) is 25.0 Å². The lowest BCUT2D eigenvalue weighted by molar-refractivity contribution is 0.106. The molecule has 0 spiro atoms. The van der Waals surface area contributed by atoms with Gasteiger partial charge in [-0.1, -0.05) is 0 Å². The third kappa shape index (κ3) is 3.15. The van der Waals surface area contributed by atoms with Crippen LogP contribution in [0.15, 0.2) is 41.3 Å². The summed E-state index contributed by atoms with van der Waals surface area (Å²) in [6.45, 7) is 0.690. The Morgan fingerprint density at radius 2 is 2.04 bits per heavy atom. The summed E-state index contributed by atoms with van der Waals surface area (Å²) in [7, 11) is -4.19. The summed E-state index contributed by atoms with van der Waals surface area (Å²) in [6.07, 6.45) is 1.76. The van der Waals surface area contributed by atoms with Crippen LogP contribution < -0.4 is 4.72 Å². The summed E-state index contributed by atoms with van der Waals surface area (Å²) < 4.78 is 59.4. The van der Waals surface area contributed by atoms with Crippen LogP contribution in [0.25, 0.3) is 11.0 Å². The molecular formula is C17H15F2N3O3S. The van der Waals surface area contributed by atoms with Crippen molar-refractivity contribution in [1.29, 1.82) is 0 Å². The number of halogens is 2. The monoisotopic (exact) mass is 379 g/mol. The van der Waals surface area contributed by atoms with Crippen LogP contribution in [-0.2, 0) is 14.8 Å². The zero-order chi connectivity index (χ0) is 18.3. The van der Waals surface area contributed by atoms with Gasteiger partial charge in [0.1, 0.15) is 28.5 Å². The number of rotatable bonds is 4. The van der Waals surface area contributed by atoms with Crippen LogP contribution in [0, 0.1) is 11.6 Å². The molecule has 26 heavy (non-hydrogen) atoms. The first-order chi connectivity index (χ1) is 12.4. The van der Waals surface area contributed by atoms with Crippen molar-refractivity contribution in [2.75, 3.05) is 11.3 Å². The Bertz CT molecular complexity index is 1080. The highest BCUT2D eigenvalue weighted by Gasteiger charge is 2.22. The highest BCUT2D eigenvalue weighted by atomic mass is 32.2. The quantitative estimate of drug-likeness (QED) is 0.727. The molecule has 2 N–H and O–H groups in total. The topological polar surface area (TPSA) is 84.1 Å². The van der Waals surface area contributed by atoms with E-state index in [1.54, 1.807) is 12.1 Å². The summed E-state index contributed by atoms with van der Waals surface area (Å²) >= 11 is 0. The first kappa shape index (κ1) is 16.9. The molecule has 1 saturated heterocycles. The minimum absolute atomic E-state index is 0.0872. The number of benzene rings is 2. The van der Waals surface area contributed by atoms with E-state index in [2.05, 4.69) is 14.7 Å². The van der Waals surface area contributed by atoms with E-state index in [1.165, 1.54) is 6.07 Å². The van der Waals surface area contributed by atoms with Crippen molar-refractivity contribution < 1.29 is 21.9 Å². The van der Waals surface area contributed by atoms with Gasteiger partial charge in [-0.25, -0.2) is 22.2 Å². The average molecular weight is 379 g/mol. The first-order valence-electron chi connectivity index (χ1n) is 8.01. The predicted molar refractivity (Wildman–Crippen MR) is 91.2 cm³/mol. The van der Waals surface area contributed by atoms with Gasteiger partial charge in [0.2, 0.25) is 0 Å². The highest BCUT2D eigenvalue weighted by Crippen LogP contribution is 2.29. The van der Waals surface area contributed by atoms with E-state index in [0.717, 1.165) is 25.0 Å². The van der Waals surface area contributed by atoms with E-state index < -0.39 is 26.6 Å². The summed E-state index contributed by atoms with van der Waals surface area (Å²) in [5.41, 5.74) is 1.55. The molecular weight excluding hydrogens is 364 g/mol. The predicted octanol–water partition coefficient (Wildman–Crippen LogP) is 3.49. The fraction of sp³-hybridized carbons (Fsp3) is 0.235. The van der Waals surface area contributed by atoms with E-state index in [9.17, 15) is 17.2 Å². The molecule has 1 fully saturated rings. The van der Waals surface area contributed by atoms with Crippen molar-refractivity contribution in [3.63, 3.8) is 0 Å². The molecule has 1 unspecified atom stereocenters. The molecule has 0 saturated carbocycles. The molecule has 1 aliphatic heterocycles. The molecule has 1 atom stereocenters. The number of aromatic nitrogens is 2. The minimum atomic E-state index is -4.19. The smallest absolute Gasteiger partial charge is 0.264 e. The van der Waals surface area contributed by atoms with Gasteiger partial charge in [-0.3, -0.25) is 4.72 Å². The Morgan fingerprint density at radius 1 is 1.19 bits per heavy atom. The van der Waals surface area contributed by atoms with Crippen molar-refractivity contribution in [1.82, 2.24) is 9.97 Å². The van der Waals surface area contributed by atoms with Gasteiger partial charge >= 0.3 is 0 Å². The molecule has 0 amide bonds. The lowest BCUT2D eigenvalue weighted by Crippen LogP contribution is -2.14. The molecule has 1 aromatic heterocycles. The maximum atomic E-state index is 13.8. The molecule has 2 heterocycles. The molecule has 3 aromatic rings. The van der Waals surface area contributed by atoms with Gasteiger partial charge < -0.3 is 9.72 Å². The molecule has 6 nitrogen and oxygen atoms in total. The zero-order valence-corrected chi connectivity index (χ0v) is 14.3. The van der Waals surface area contributed by atoms with Crippen molar-refractivity contribution >= 4 is 26.7 Å². The molecule has 1 aliphatic rings. The second-order valence-corrected chi connectivity index (χ2v) is 7.69. The first-order valence-corrected chi connectivity index (χ1v) is 9.50. The third-order valence-corrected chi connectivity index (χ3v) is 5.59. The Kier molecular flexibility index (Phi) is 4.12. The lowest BCUT2D eigenvalue weighted by Gasteiger charge is -2.09. The maximum absolute atomic E-state index is 13.8. The zero-order valence-electron chi connectivity index (χ0n) is 13.5. The fourth-order valence-corrected chi connectivity index (χ4v) is 4.05. The van der Waals surface area contributed by atoms with Crippen LogP contribution in [0.1, 0.15) is 24.8 Å². The van der Waals surface area contributed by atoms with Crippen LogP contribution in [0.4, 0.5) is 14.5 Å². The van der Waals surface area contributed by atoms with Crippen molar-refractivity contribution in [2.24, 2.45) is 0 Å². The molecule has 2 aromatic carbocycles. The highest BCUT2D eigenvalue weighted by molar-refractivity contribution is 7.92. The number of hydrogen-bond acceptors (Lipinski definition) is 4. The number of imidazole rings is 1. The molecule has 9 heteroatoms. The molecule has 0 radical (unpaired) electrons. The second-order valence-electron chi connectivity index (χ2n) is 6.04. The third-order valence-electron chi connectivity index (χ3n) is 4.17. The summed E-state index contributed by atoms with van der Waals surface area (Å²) in [4.78, 5) is 6.96. The molecule has 4 rings (SSSR count). The Balaban J connectivity index is 1.64. The SMILES string of the molecule is O=S(=O)(Nc1ccc2nc(C3CCCO3)[nH]c2c1)c1ccc(F)cc1F. The number of H-pyrrole nitrogens is 1.